The topological polar surface area (TPSA) is 35.6 Å². The van der Waals surface area contributed by atoms with Gasteiger partial charge < -0.3 is 10.2 Å². The van der Waals surface area contributed by atoms with E-state index in [2.05, 4.69) is 27.2 Å². The fourth-order valence-electron chi connectivity index (χ4n) is 4.40. The molecule has 4 nitrogen and oxygen atoms in total. The number of carbonyl (C=O) groups is 1. The maximum atomic E-state index is 14.0. The van der Waals surface area contributed by atoms with E-state index < -0.39 is 0 Å². The summed E-state index contributed by atoms with van der Waals surface area (Å²) < 4.78 is 14.0. The summed E-state index contributed by atoms with van der Waals surface area (Å²) in [6.45, 7) is 4.35. The zero-order valence-corrected chi connectivity index (χ0v) is 18.0. The van der Waals surface area contributed by atoms with E-state index in [0.717, 1.165) is 44.7 Å². The molecular weight excluding hydrogens is 401 g/mol. The Labute approximate surface area is 183 Å². The highest BCUT2D eigenvalue weighted by atomic mass is 35.5. The van der Waals surface area contributed by atoms with E-state index in [1.54, 1.807) is 12.1 Å². The summed E-state index contributed by atoms with van der Waals surface area (Å²) in [5.41, 5.74) is 2.73. The predicted octanol–water partition coefficient (Wildman–Crippen LogP) is 5.32. The molecule has 2 aliphatic heterocycles. The van der Waals surface area contributed by atoms with Crippen LogP contribution < -0.4 is 10.2 Å². The van der Waals surface area contributed by atoms with Crippen molar-refractivity contribution in [3.05, 3.63) is 58.9 Å². The van der Waals surface area contributed by atoms with Crippen molar-refractivity contribution >= 4 is 28.9 Å². The Morgan fingerprint density at radius 2 is 1.70 bits per heavy atom. The average Bonchev–Trinajstić information content (AvgIpc) is 2.77. The number of benzene rings is 2. The van der Waals surface area contributed by atoms with Crippen LogP contribution in [0.5, 0.6) is 0 Å². The van der Waals surface area contributed by atoms with E-state index in [9.17, 15) is 9.18 Å². The normalized spacial score (nSPS) is 18.4. The quantitative estimate of drug-likeness (QED) is 0.698. The van der Waals surface area contributed by atoms with Crippen molar-refractivity contribution in [1.82, 2.24) is 4.90 Å². The van der Waals surface area contributed by atoms with Crippen LogP contribution in [-0.2, 0) is 11.3 Å². The molecule has 4 rings (SSSR count). The number of carbonyl (C=O) groups excluding carboxylic acids is 1. The molecule has 6 heteroatoms. The Balaban J connectivity index is 1.26. The number of rotatable bonds is 5. The minimum atomic E-state index is -0.268. The number of likely N-dealkylation sites (tertiary alicyclic amines) is 1. The Kier molecular flexibility index (Phi) is 6.90. The first kappa shape index (κ1) is 21.1. The lowest BCUT2D eigenvalue weighted by atomic mass is 9.95. The van der Waals surface area contributed by atoms with E-state index in [0.29, 0.717) is 17.1 Å². The molecule has 0 atom stereocenters. The Hall–Kier alpha value is -2.11. The molecule has 0 aliphatic carbocycles. The van der Waals surface area contributed by atoms with E-state index in [1.807, 2.05) is 12.1 Å². The minimum Gasteiger partial charge on any atom is -0.372 e. The molecule has 2 aliphatic rings. The monoisotopic (exact) mass is 429 g/mol. The highest BCUT2D eigenvalue weighted by Gasteiger charge is 2.25. The molecule has 2 fully saturated rings. The number of halogens is 2. The maximum absolute atomic E-state index is 14.0. The van der Waals surface area contributed by atoms with Gasteiger partial charge in [0.05, 0.1) is 0 Å². The van der Waals surface area contributed by atoms with Crippen molar-refractivity contribution in [3.8, 4) is 0 Å². The van der Waals surface area contributed by atoms with Gasteiger partial charge in [-0.05, 0) is 81.6 Å². The van der Waals surface area contributed by atoms with Crippen LogP contribution in [-0.4, -0.2) is 37.0 Å². The van der Waals surface area contributed by atoms with Crippen molar-refractivity contribution in [3.63, 3.8) is 0 Å². The van der Waals surface area contributed by atoms with Gasteiger partial charge in [0.25, 0.3) is 0 Å². The van der Waals surface area contributed by atoms with Gasteiger partial charge in [-0.2, -0.15) is 0 Å². The molecule has 30 heavy (non-hydrogen) atoms. The fraction of sp³-hybridized carbons (Fsp3) is 0.458. The standard InChI is InChI=1S/C24H29ClFN3O/c25-20-5-4-19(23(26)16-20)17-28-14-10-18(11-15-28)24(30)27-21-6-8-22(9-7-21)29-12-2-1-3-13-29/h4-9,16,18H,1-3,10-15,17H2,(H,27,30). The number of amides is 1. The molecule has 0 aromatic heterocycles. The number of nitrogens with zero attached hydrogens (tertiary/aromatic N) is 2. The number of nitrogens with one attached hydrogen (secondary N) is 1. The SMILES string of the molecule is O=C(Nc1ccc(N2CCCCC2)cc1)C1CCN(Cc2ccc(Cl)cc2F)CC1. The van der Waals surface area contributed by atoms with Gasteiger partial charge in [0.15, 0.2) is 0 Å². The fourth-order valence-corrected chi connectivity index (χ4v) is 4.55. The van der Waals surface area contributed by atoms with Crippen molar-refractivity contribution in [1.29, 1.82) is 0 Å². The van der Waals surface area contributed by atoms with E-state index in [1.165, 1.54) is 31.0 Å². The average molecular weight is 430 g/mol. The highest BCUT2D eigenvalue weighted by molar-refractivity contribution is 6.30. The summed E-state index contributed by atoms with van der Waals surface area (Å²) in [6, 6.07) is 13.0. The lowest BCUT2D eigenvalue weighted by molar-refractivity contribution is -0.121. The third-order valence-electron chi connectivity index (χ3n) is 6.22. The summed E-state index contributed by atoms with van der Waals surface area (Å²) in [4.78, 5) is 17.3. The van der Waals surface area contributed by atoms with Crippen LogP contribution in [0.2, 0.25) is 5.02 Å². The third kappa shape index (κ3) is 5.32. The summed E-state index contributed by atoms with van der Waals surface area (Å²) in [6.07, 6.45) is 5.39. The van der Waals surface area contributed by atoms with Crippen LogP contribution in [0.1, 0.15) is 37.7 Å². The lowest BCUT2D eigenvalue weighted by Crippen LogP contribution is -2.37. The van der Waals surface area contributed by atoms with Crippen molar-refractivity contribution < 1.29 is 9.18 Å². The van der Waals surface area contributed by atoms with E-state index in [-0.39, 0.29) is 17.6 Å². The van der Waals surface area contributed by atoms with E-state index >= 15 is 0 Å². The molecule has 2 aromatic carbocycles. The second kappa shape index (κ2) is 9.80. The zero-order valence-electron chi connectivity index (χ0n) is 17.2. The first-order valence-electron chi connectivity index (χ1n) is 10.9. The molecule has 2 heterocycles. The first-order chi connectivity index (χ1) is 14.6. The predicted molar refractivity (Wildman–Crippen MR) is 121 cm³/mol. The number of piperidine rings is 2. The third-order valence-corrected chi connectivity index (χ3v) is 6.46. The molecular formula is C24H29ClFN3O. The van der Waals surface area contributed by atoms with Crippen LogP contribution in [0, 0.1) is 11.7 Å². The number of anilines is 2. The van der Waals surface area contributed by atoms with E-state index in [4.69, 9.17) is 11.6 Å². The van der Waals surface area contributed by atoms with Gasteiger partial charge in [-0.1, -0.05) is 17.7 Å². The molecule has 2 saturated heterocycles. The molecule has 0 bridgehead atoms. The molecule has 0 spiro atoms. The van der Waals surface area contributed by atoms with Gasteiger partial charge >= 0.3 is 0 Å². The van der Waals surface area contributed by atoms with Crippen molar-refractivity contribution in [2.45, 2.75) is 38.6 Å². The van der Waals surface area contributed by atoms with Crippen LogP contribution in [0.4, 0.5) is 15.8 Å². The summed E-state index contributed by atoms with van der Waals surface area (Å²) in [5.74, 6) is -0.188. The van der Waals surface area contributed by atoms with Crippen LogP contribution in [0.15, 0.2) is 42.5 Å². The summed E-state index contributed by atoms with van der Waals surface area (Å²) in [7, 11) is 0. The van der Waals surface area contributed by atoms with Gasteiger partial charge in [-0.3, -0.25) is 9.69 Å². The molecule has 0 unspecified atom stereocenters. The zero-order chi connectivity index (χ0) is 20.9. The van der Waals surface area contributed by atoms with Gasteiger partial charge in [0.2, 0.25) is 5.91 Å². The molecule has 0 radical (unpaired) electrons. The number of hydrogen-bond donors (Lipinski definition) is 1. The maximum Gasteiger partial charge on any atom is 0.227 e. The molecule has 1 amide bonds. The second-order valence-corrected chi connectivity index (χ2v) is 8.81. The lowest BCUT2D eigenvalue weighted by Gasteiger charge is -2.31. The van der Waals surface area contributed by atoms with Crippen LogP contribution in [0.25, 0.3) is 0 Å². The molecule has 1 N–H and O–H groups in total. The van der Waals surface area contributed by atoms with Gasteiger partial charge in [0, 0.05) is 47.5 Å². The Morgan fingerprint density at radius 3 is 2.37 bits per heavy atom. The molecule has 2 aromatic rings. The second-order valence-electron chi connectivity index (χ2n) is 8.37. The Morgan fingerprint density at radius 1 is 1.00 bits per heavy atom. The van der Waals surface area contributed by atoms with Crippen LogP contribution in [0.3, 0.4) is 0 Å². The summed E-state index contributed by atoms with van der Waals surface area (Å²) >= 11 is 5.83. The Bertz CT molecular complexity index is 859. The largest absolute Gasteiger partial charge is 0.372 e. The minimum absolute atomic E-state index is 0.00177. The number of hydrogen-bond acceptors (Lipinski definition) is 3. The highest BCUT2D eigenvalue weighted by Crippen LogP contribution is 2.25. The molecule has 160 valence electrons. The van der Waals surface area contributed by atoms with Crippen molar-refractivity contribution in [2.24, 2.45) is 5.92 Å². The van der Waals surface area contributed by atoms with Crippen molar-refractivity contribution in [2.75, 3.05) is 36.4 Å². The first-order valence-corrected chi connectivity index (χ1v) is 11.3. The van der Waals surface area contributed by atoms with Gasteiger partial charge in [-0.15, -0.1) is 0 Å². The molecule has 0 saturated carbocycles. The van der Waals surface area contributed by atoms with Crippen LogP contribution >= 0.6 is 11.6 Å². The smallest absolute Gasteiger partial charge is 0.227 e. The van der Waals surface area contributed by atoms with Gasteiger partial charge in [0.1, 0.15) is 5.82 Å². The van der Waals surface area contributed by atoms with Gasteiger partial charge in [-0.25, -0.2) is 4.39 Å². The summed E-state index contributed by atoms with van der Waals surface area (Å²) in [5, 5.41) is 3.48.